The van der Waals surface area contributed by atoms with Crippen molar-refractivity contribution >= 4 is 45.4 Å². The molecule has 2 amide bonds. The van der Waals surface area contributed by atoms with Gasteiger partial charge in [-0.3, -0.25) is 4.90 Å². The molecular weight excluding hydrogens is 428 g/mol. The number of carbonyl (C=O) groups excluding carboxylic acids is 2. The Bertz CT molecular complexity index is 807. The summed E-state index contributed by atoms with van der Waals surface area (Å²) < 4.78 is 5.66. The molecular formula is C20H21BrN2O3S. The molecule has 0 aliphatic carbocycles. The van der Waals surface area contributed by atoms with Crippen LogP contribution in [0.3, 0.4) is 0 Å². The van der Waals surface area contributed by atoms with Crippen LogP contribution in [-0.4, -0.2) is 48.6 Å². The molecule has 0 bridgehead atoms. The molecule has 0 spiro atoms. The number of hydrogen-bond donors (Lipinski definition) is 0. The Kier molecular flexibility index (Phi) is 6.79. The number of ether oxygens (including phenoxy) is 1. The molecule has 0 unspecified atom stereocenters. The predicted molar refractivity (Wildman–Crippen MR) is 112 cm³/mol. The van der Waals surface area contributed by atoms with Gasteiger partial charge in [-0.05, 0) is 35.9 Å². The Morgan fingerprint density at radius 2 is 1.85 bits per heavy atom. The lowest BCUT2D eigenvalue weighted by atomic mass is 10.1. The Balaban J connectivity index is 1.85. The number of esters is 1. The second kappa shape index (κ2) is 9.28. The molecule has 2 aromatic rings. The monoisotopic (exact) mass is 448 g/mol. The Morgan fingerprint density at radius 3 is 2.48 bits per heavy atom. The summed E-state index contributed by atoms with van der Waals surface area (Å²) in [4.78, 5) is 28.5. The fourth-order valence-electron chi connectivity index (χ4n) is 2.89. The van der Waals surface area contributed by atoms with Crippen LogP contribution in [0, 0.1) is 0 Å². The van der Waals surface area contributed by atoms with E-state index < -0.39 is 0 Å². The standard InChI is InChI=1S/C20H21BrN2O3S/c1-26-19(24)16-7-5-15(6-8-16)14-23(18-4-2-3-17(21)13-18)20(25)22-9-11-27-12-10-22/h2-8,13H,9-12,14H2,1H3. The van der Waals surface area contributed by atoms with Crippen molar-refractivity contribution in [2.45, 2.75) is 6.54 Å². The molecule has 1 heterocycles. The Labute approximate surface area is 171 Å². The summed E-state index contributed by atoms with van der Waals surface area (Å²) in [6, 6.07) is 14.9. The lowest BCUT2D eigenvalue weighted by Crippen LogP contribution is -2.46. The van der Waals surface area contributed by atoms with E-state index in [4.69, 9.17) is 4.74 Å². The van der Waals surface area contributed by atoms with Crippen LogP contribution in [0.2, 0.25) is 0 Å². The number of anilines is 1. The highest BCUT2D eigenvalue weighted by Crippen LogP contribution is 2.24. The lowest BCUT2D eigenvalue weighted by Gasteiger charge is -2.33. The highest BCUT2D eigenvalue weighted by atomic mass is 79.9. The van der Waals surface area contributed by atoms with Gasteiger partial charge in [0.05, 0.1) is 19.2 Å². The molecule has 142 valence electrons. The summed E-state index contributed by atoms with van der Waals surface area (Å²) in [5.74, 6) is 1.56. The zero-order valence-electron chi connectivity index (χ0n) is 15.1. The topological polar surface area (TPSA) is 49.9 Å². The van der Waals surface area contributed by atoms with Gasteiger partial charge in [0.15, 0.2) is 0 Å². The molecule has 7 heteroatoms. The van der Waals surface area contributed by atoms with Crippen molar-refractivity contribution in [3.8, 4) is 0 Å². The van der Waals surface area contributed by atoms with Crippen molar-refractivity contribution in [2.24, 2.45) is 0 Å². The first-order chi connectivity index (χ1) is 13.1. The smallest absolute Gasteiger partial charge is 0.337 e. The molecule has 2 aromatic carbocycles. The minimum absolute atomic E-state index is 0.00504. The largest absolute Gasteiger partial charge is 0.465 e. The third-order valence-corrected chi connectivity index (χ3v) is 5.78. The number of benzene rings is 2. The molecule has 0 saturated carbocycles. The number of methoxy groups -OCH3 is 1. The second-order valence-corrected chi connectivity index (χ2v) is 8.28. The number of hydrogen-bond acceptors (Lipinski definition) is 4. The zero-order chi connectivity index (χ0) is 19.2. The van der Waals surface area contributed by atoms with Gasteiger partial charge in [0.1, 0.15) is 0 Å². The number of thioether (sulfide) groups is 1. The van der Waals surface area contributed by atoms with Gasteiger partial charge < -0.3 is 9.64 Å². The van der Waals surface area contributed by atoms with Gasteiger partial charge in [0, 0.05) is 34.8 Å². The molecule has 27 heavy (non-hydrogen) atoms. The van der Waals surface area contributed by atoms with E-state index in [1.165, 1.54) is 7.11 Å². The molecule has 1 aliphatic heterocycles. The van der Waals surface area contributed by atoms with E-state index in [0.29, 0.717) is 12.1 Å². The number of amides is 2. The van der Waals surface area contributed by atoms with E-state index in [1.807, 2.05) is 53.1 Å². The van der Waals surface area contributed by atoms with Gasteiger partial charge in [0.25, 0.3) is 0 Å². The molecule has 1 fully saturated rings. The fraction of sp³-hybridized carbons (Fsp3) is 0.300. The summed E-state index contributed by atoms with van der Waals surface area (Å²) in [5.41, 5.74) is 2.28. The average Bonchev–Trinajstić information content (AvgIpc) is 2.72. The maximum Gasteiger partial charge on any atom is 0.337 e. The number of nitrogens with zero attached hydrogens (tertiary/aromatic N) is 2. The van der Waals surface area contributed by atoms with Crippen molar-refractivity contribution < 1.29 is 14.3 Å². The number of rotatable bonds is 4. The average molecular weight is 449 g/mol. The first kappa shape index (κ1) is 19.8. The van der Waals surface area contributed by atoms with Gasteiger partial charge in [-0.1, -0.05) is 34.1 Å². The highest BCUT2D eigenvalue weighted by molar-refractivity contribution is 9.10. The number of carbonyl (C=O) groups is 2. The van der Waals surface area contributed by atoms with Crippen LogP contribution in [-0.2, 0) is 11.3 Å². The van der Waals surface area contributed by atoms with E-state index in [1.54, 1.807) is 17.0 Å². The van der Waals surface area contributed by atoms with Crippen LogP contribution in [0.5, 0.6) is 0 Å². The quantitative estimate of drug-likeness (QED) is 0.649. The van der Waals surface area contributed by atoms with Gasteiger partial charge >= 0.3 is 12.0 Å². The highest BCUT2D eigenvalue weighted by Gasteiger charge is 2.24. The van der Waals surface area contributed by atoms with Crippen molar-refractivity contribution in [3.63, 3.8) is 0 Å². The van der Waals surface area contributed by atoms with Crippen LogP contribution in [0.25, 0.3) is 0 Å². The summed E-state index contributed by atoms with van der Waals surface area (Å²) >= 11 is 5.36. The maximum absolute atomic E-state index is 13.2. The number of halogens is 1. The molecule has 5 nitrogen and oxygen atoms in total. The van der Waals surface area contributed by atoms with E-state index in [2.05, 4.69) is 15.9 Å². The van der Waals surface area contributed by atoms with Crippen LogP contribution in [0.4, 0.5) is 10.5 Å². The van der Waals surface area contributed by atoms with Crippen molar-refractivity contribution in [2.75, 3.05) is 36.6 Å². The van der Waals surface area contributed by atoms with Crippen LogP contribution >= 0.6 is 27.7 Å². The lowest BCUT2D eigenvalue weighted by molar-refractivity contribution is 0.0600. The minimum atomic E-state index is -0.368. The Hall–Kier alpha value is -1.99. The van der Waals surface area contributed by atoms with Gasteiger partial charge in [-0.2, -0.15) is 11.8 Å². The summed E-state index contributed by atoms with van der Waals surface area (Å²) in [6.07, 6.45) is 0. The molecule has 1 saturated heterocycles. The number of urea groups is 1. The predicted octanol–water partition coefficient (Wildman–Crippen LogP) is 4.41. The third-order valence-electron chi connectivity index (χ3n) is 4.35. The van der Waals surface area contributed by atoms with E-state index in [0.717, 1.165) is 40.3 Å². The third kappa shape index (κ3) is 5.05. The van der Waals surface area contributed by atoms with Crippen LogP contribution < -0.4 is 4.90 Å². The summed E-state index contributed by atoms with van der Waals surface area (Å²) in [7, 11) is 1.36. The Morgan fingerprint density at radius 1 is 1.15 bits per heavy atom. The molecule has 3 rings (SSSR count). The second-order valence-electron chi connectivity index (χ2n) is 6.14. The molecule has 0 N–H and O–H groups in total. The van der Waals surface area contributed by atoms with Crippen molar-refractivity contribution in [3.05, 3.63) is 64.1 Å². The van der Waals surface area contributed by atoms with Crippen LogP contribution in [0.1, 0.15) is 15.9 Å². The fourth-order valence-corrected chi connectivity index (χ4v) is 4.18. The molecule has 1 aliphatic rings. The van der Waals surface area contributed by atoms with E-state index in [-0.39, 0.29) is 12.0 Å². The summed E-state index contributed by atoms with van der Waals surface area (Å²) in [6.45, 7) is 1.95. The SMILES string of the molecule is COC(=O)c1ccc(CN(C(=O)N2CCSCC2)c2cccc(Br)c2)cc1. The van der Waals surface area contributed by atoms with Crippen molar-refractivity contribution in [1.29, 1.82) is 0 Å². The normalized spacial score (nSPS) is 13.9. The first-order valence-corrected chi connectivity index (χ1v) is 10.6. The van der Waals surface area contributed by atoms with Gasteiger partial charge in [-0.15, -0.1) is 0 Å². The minimum Gasteiger partial charge on any atom is -0.465 e. The zero-order valence-corrected chi connectivity index (χ0v) is 17.5. The van der Waals surface area contributed by atoms with Crippen molar-refractivity contribution in [1.82, 2.24) is 4.90 Å². The van der Waals surface area contributed by atoms with Gasteiger partial charge in [0.2, 0.25) is 0 Å². The molecule has 0 aromatic heterocycles. The van der Waals surface area contributed by atoms with Gasteiger partial charge in [-0.25, -0.2) is 9.59 Å². The van der Waals surface area contributed by atoms with Crippen LogP contribution in [0.15, 0.2) is 53.0 Å². The first-order valence-electron chi connectivity index (χ1n) is 8.65. The van der Waals surface area contributed by atoms with E-state index in [9.17, 15) is 9.59 Å². The molecule has 0 radical (unpaired) electrons. The maximum atomic E-state index is 13.2. The summed E-state index contributed by atoms with van der Waals surface area (Å²) in [5, 5.41) is 0. The van der Waals surface area contributed by atoms with E-state index >= 15 is 0 Å². The molecule has 0 atom stereocenters.